The Hall–Kier alpha value is -3.58. The smallest absolute Gasteiger partial charge is 0.282 e. The van der Waals surface area contributed by atoms with Crippen molar-refractivity contribution >= 4 is 39.4 Å². The van der Waals surface area contributed by atoms with E-state index in [1.807, 2.05) is 60.7 Å². The summed E-state index contributed by atoms with van der Waals surface area (Å²) < 4.78 is 17.2. The van der Waals surface area contributed by atoms with Crippen molar-refractivity contribution in [1.82, 2.24) is 0 Å². The molecule has 4 rings (SSSR count). The van der Waals surface area contributed by atoms with E-state index in [1.54, 1.807) is 38.4 Å². The van der Waals surface area contributed by atoms with Gasteiger partial charge in [0, 0.05) is 16.1 Å². The number of ether oxygens (including phenoxy) is 3. The van der Waals surface area contributed by atoms with Crippen LogP contribution >= 0.6 is 15.9 Å². The molecule has 0 radical (unpaired) electrons. The molecule has 1 aliphatic heterocycles. The summed E-state index contributed by atoms with van der Waals surface area (Å²) in [5.41, 5.74) is 2.43. The fourth-order valence-corrected chi connectivity index (χ4v) is 3.71. The molecule has 0 fully saturated rings. The number of carbonyl (C=O) groups excluding carboxylic acids is 1. The highest BCUT2D eigenvalue weighted by atomic mass is 79.9. The number of anilines is 1. The van der Waals surface area contributed by atoms with Gasteiger partial charge in [-0.2, -0.15) is 0 Å². The summed E-state index contributed by atoms with van der Waals surface area (Å²) in [6, 6.07) is 20.4. The van der Waals surface area contributed by atoms with Crippen molar-refractivity contribution in [3.63, 3.8) is 0 Å². The van der Waals surface area contributed by atoms with E-state index in [9.17, 15) is 4.79 Å². The zero-order chi connectivity index (χ0) is 22.7. The maximum atomic E-state index is 13.5. The average Bonchev–Trinajstić information content (AvgIpc) is 3.15. The number of para-hydroxylation sites is 1. The minimum Gasteiger partial charge on any atom is -0.497 e. The third-order valence-corrected chi connectivity index (χ3v) is 5.55. The Kier molecular flexibility index (Phi) is 6.28. The highest BCUT2D eigenvalue weighted by Crippen LogP contribution is 2.33. The number of hydrogen-bond acceptors (Lipinski definition) is 5. The first-order valence-corrected chi connectivity index (χ1v) is 10.6. The summed E-state index contributed by atoms with van der Waals surface area (Å²) in [4.78, 5) is 19.8. The fraction of sp³-hybridized carbons (Fsp3) is 0.120. The van der Waals surface area contributed by atoms with Gasteiger partial charge >= 0.3 is 0 Å². The van der Waals surface area contributed by atoms with Gasteiger partial charge in [0.1, 0.15) is 22.9 Å². The molecule has 32 heavy (non-hydrogen) atoms. The number of hydrogen-bond donors (Lipinski definition) is 0. The van der Waals surface area contributed by atoms with Gasteiger partial charge in [-0.05, 0) is 54.6 Å². The first-order valence-electron chi connectivity index (χ1n) is 9.81. The molecule has 0 bridgehead atoms. The molecule has 1 amide bonds. The number of benzene rings is 3. The number of halogens is 1. The quantitative estimate of drug-likeness (QED) is 0.437. The van der Waals surface area contributed by atoms with Crippen LogP contribution in [-0.4, -0.2) is 33.1 Å². The first-order chi connectivity index (χ1) is 15.5. The molecule has 0 aromatic heterocycles. The summed E-state index contributed by atoms with van der Waals surface area (Å²) in [6.45, 7) is 0. The topological polar surface area (TPSA) is 60.4 Å². The minimum absolute atomic E-state index is 0.244. The van der Waals surface area contributed by atoms with Crippen LogP contribution in [-0.2, 0) is 4.79 Å². The maximum Gasteiger partial charge on any atom is 0.282 e. The molecule has 0 saturated carbocycles. The van der Waals surface area contributed by atoms with Crippen LogP contribution in [0.15, 0.2) is 81.9 Å². The minimum atomic E-state index is -0.244. The van der Waals surface area contributed by atoms with Crippen molar-refractivity contribution in [2.75, 3.05) is 26.2 Å². The van der Waals surface area contributed by atoms with E-state index in [1.165, 1.54) is 0 Å². The molecular formula is C25H21BrN2O4. The lowest BCUT2D eigenvalue weighted by Gasteiger charge is -2.20. The Morgan fingerprint density at radius 2 is 1.59 bits per heavy atom. The van der Waals surface area contributed by atoms with Crippen molar-refractivity contribution in [3.05, 3.63) is 88.0 Å². The van der Waals surface area contributed by atoms with Crippen LogP contribution in [0.4, 0.5) is 5.69 Å². The van der Waals surface area contributed by atoms with Crippen LogP contribution in [0.2, 0.25) is 0 Å². The van der Waals surface area contributed by atoms with Crippen LogP contribution in [0.5, 0.6) is 17.2 Å². The van der Waals surface area contributed by atoms with Crippen molar-refractivity contribution in [2.24, 2.45) is 4.99 Å². The van der Waals surface area contributed by atoms with Gasteiger partial charge in [0.05, 0.1) is 32.6 Å². The predicted molar refractivity (Wildman–Crippen MR) is 129 cm³/mol. The van der Waals surface area contributed by atoms with Crippen LogP contribution in [0.3, 0.4) is 0 Å². The third kappa shape index (κ3) is 4.11. The third-order valence-electron chi connectivity index (χ3n) is 5.03. The number of aliphatic imine (C=N–C) groups is 1. The van der Waals surface area contributed by atoms with Gasteiger partial charge in [-0.1, -0.05) is 28.1 Å². The van der Waals surface area contributed by atoms with E-state index in [0.29, 0.717) is 28.8 Å². The summed E-state index contributed by atoms with van der Waals surface area (Å²) in [5, 5.41) is 0. The van der Waals surface area contributed by atoms with Crippen molar-refractivity contribution in [2.45, 2.75) is 0 Å². The maximum absolute atomic E-state index is 13.5. The molecule has 7 heteroatoms. The zero-order valence-electron chi connectivity index (χ0n) is 17.8. The Morgan fingerprint density at radius 3 is 2.28 bits per heavy atom. The number of nitrogens with zero attached hydrogens (tertiary/aromatic N) is 2. The summed E-state index contributed by atoms with van der Waals surface area (Å²) in [7, 11) is 4.76. The molecule has 6 nitrogen and oxygen atoms in total. The van der Waals surface area contributed by atoms with E-state index >= 15 is 0 Å². The SMILES string of the molecule is COc1ccc(/C=C2\N=C(c3ccccc3OC)N(c3ccc(Br)cc3)C2=O)c(OC)c1. The second kappa shape index (κ2) is 9.28. The van der Waals surface area contributed by atoms with Crippen LogP contribution in [0.1, 0.15) is 11.1 Å². The van der Waals surface area contributed by atoms with Gasteiger partial charge in [-0.25, -0.2) is 4.99 Å². The molecule has 0 N–H and O–H groups in total. The van der Waals surface area contributed by atoms with Gasteiger partial charge in [-0.3, -0.25) is 9.69 Å². The Balaban J connectivity index is 1.86. The van der Waals surface area contributed by atoms with Gasteiger partial charge in [0.2, 0.25) is 0 Å². The van der Waals surface area contributed by atoms with Gasteiger partial charge in [0.15, 0.2) is 5.84 Å². The van der Waals surface area contributed by atoms with E-state index in [2.05, 4.69) is 15.9 Å². The van der Waals surface area contributed by atoms with Crippen molar-refractivity contribution in [1.29, 1.82) is 0 Å². The predicted octanol–water partition coefficient (Wildman–Crippen LogP) is 5.31. The first kappa shape index (κ1) is 21.6. The summed E-state index contributed by atoms with van der Waals surface area (Å²) in [6.07, 6.45) is 1.72. The monoisotopic (exact) mass is 492 g/mol. The molecule has 0 saturated heterocycles. The number of carbonyl (C=O) groups is 1. The molecule has 1 heterocycles. The van der Waals surface area contributed by atoms with Crippen LogP contribution < -0.4 is 19.1 Å². The lowest BCUT2D eigenvalue weighted by atomic mass is 10.1. The zero-order valence-corrected chi connectivity index (χ0v) is 19.4. The van der Waals surface area contributed by atoms with E-state index in [-0.39, 0.29) is 11.6 Å². The number of amides is 1. The van der Waals surface area contributed by atoms with E-state index < -0.39 is 0 Å². The van der Waals surface area contributed by atoms with Crippen molar-refractivity contribution < 1.29 is 19.0 Å². The Labute approximate surface area is 194 Å². The van der Waals surface area contributed by atoms with E-state index in [0.717, 1.165) is 15.6 Å². The van der Waals surface area contributed by atoms with Gasteiger partial charge in [-0.15, -0.1) is 0 Å². The second-order valence-electron chi connectivity index (χ2n) is 6.89. The molecule has 3 aromatic rings. The lowest BCUT2D eigenvalue weighted by Crippen LogP contribution is -2.32. The molecular weight excluding hydrogens is 472 g/mol. The molecule has 3 aromatic carbocycles. The molecule has 0 unspecified atom stereocenters. The van der Waals surface area contributed by atoms with Crippen LogP contribution in [0.25, 0.3) is 6.08 Å². The highest BCUT2D eigenvalue weighted by molar-refractivity contribution is 9.10. The number of methoxy groups -OCH3 is 3. The Bertz CT molecular complexity index is 1220. The Morgan fingerprint density at radius 1 is 0.875 bits per heavy atom. The fourth-order valence-electron chi connectivity index (χ4n) is 3.44. The molecule has 0 spiro atoms. The van der Waals surface area contributed by atoms with Gasteiger partial charge in [0.25, 0.3) is 5.91 Å². The molecule has 162 valence electrons. The largest absolute Gasteiger partial charge is 0.497 e. The summed E-state index contributed by atoms with van der Waals surface area (Å²) >= 11 is 3.45. The van der Waals surface area contributed by atoms with Crippen molar-refractivity contribution in [3.8, 4) is 17.2 Å². The summed E-state index contributed by atoms with van der Waals surface area (Å²) in [5.74, 6) is 2.13. The average molecular weight is 493 g/mol. The van der Waals surface area contributed by atoms with Crippen LogP contribution in [0, 0.1) is 0 Å². The lowest BCUT2D eigenvalue weighted by molar-refractivity contribution is -0.113. The second-order valence-corrected chi connectivity index (χ2v) is 7.81. The normalized spacial score (nSPS) is 14.5. The molecule has 0 atom stereocenters. The van der Waals surface area contributed by atoms with E-state index in [4.69, 9.17) is 19.2 Å². The highest BCUT2D eigenvalue weighted by Gasteiger charge is 2.34. The number of amidine groups is 1. The van der Waals surface area contributed by atoms with Gasteiger partial charge < -0.3 is 14.2 Å². The number of rotatable bonds is 6. The molecule has 1 aliphatic rings. The molecule has 0 aliphatic carbocycles. The standard InChI is InChI=1S/C25H21BrN2O4/c1-30-19-13-8-16(23(15-19)32-3)14-21-25(29)28(18-11-9-17(26)10-12-18)24(27-21)20-6-4-5-7-22(20)31-2/h4-15H,1-3H3/b21-14-.